The van der Waals surface area contributed by atoms with Crippen molar-refractivity contribution in [1.82, 2.24) is 19.9 Å². The molecular formula is C54H32N4O2. The van der Waals surface area contributed by atoms with E-state index in [9.17, 15) is 0 Å². The predicted octanol–water partition coefficient (Wildman–Crippen LogP) is 14.2. The normalized spacial score (nSPS) is 11.7. The van der Waals surface area contributed by atoms with Crippen LogP contribution in [0.2, 0.25) is 0 Å². The van der Waals surface area contributed by atoms with Crippen LogP contribution < -0.4 is 0 Å². The maximum Gasteiger partial charge on any atom is 0.227 e. The van der Waals surface area contributed by atoms with Crippen molar-refractivity contribution in [1.29, 1.82) is 0 Å². The summed E-state index contributed by atoms with van der Waals surface area (Å²) in [7, 11) is 0. The lowest BCUT2D eigenvalue weighted by Gasteiger charge is -2.13. The van der Waals surface area contributed by atoms with Crippen molar-refractivity contribution < 1.29 is 8.83 Å². The van der Waals surface area contributed by atoms with Gasteiger partial charge in [0.25, 0.3) is 0 Å². The lowest BCUT2D eigenvalue weighted by atomic mass is 9.96. The second-order valence-corrected chi connectivity index (χ2v) is 15.0. The van der Waals surface area contributed by atoms with Gasteiger partial charge in [-0.1, -0.05) is 146 Å². The second kappa shape index (κ2) is 13.7. The summed E-state index contributed by atoms with van der Waals surface area (Å²) < 4.78 is 13.2. The maximum absolute atomic E-state index is 6.71. The summed E-state index contributed by atoms with van der Waals surface area (Å²) in [6.07, 6.45) is 0. The standard InChI is InChI=1S/C54H32N4O2/c1-4-13-33(14-5-1)39-29-40(34-15-6-2-7-16-34)31-41(30-39)53-57-51(37-18-8-3-9-19-37)56-52(58-53)38-24-23-36-25-27-46-48(44(36)32-38)49-47(59-46)28-26-45-50(49)60-54(55-45)43-22-12-20-35-17-10-11-21-42(35)43/h1-32H. The largest absolute Gasteiger partial charge is 0.456 e. The first kappa shape index (κ1) is 33.9. The van der Waals surface area contributed by atoms with Gasteiger partial charge in [0.05, 0.1) is 5.39 Å². The van der Waals surface area contributed by atoms with Gasteiger partial charge in [-0.2, -0.15) is 0 Å². The first-order valence-electron chi connectivity index (χ1n) is 20.0. The number of fused-ring (bicyclic) bond motifs is 8. The Morgan fingerprint density at radius 1 is 0.317 bits per heavy atom. The van der Waals surface area contributed by atoms with Crippen LogP contribution in [-0.2, 0) is 0 Å². The number of nitrogens with zero attached hydrogens (tertiary/aromatic N) is 4. The molecular weight excluding hydrogens is 737 g/mol. The molecule has 0 N–H and O–H groups in total. The fraction of sp³-hybridized carbons (Fsp3) is 0. The highest BCUT2D eigenvalue weighted by molar-refractivity contribution is 6.25. The van der Waals surface area contributed by atoms with Crippen molar-refractivity contribution in [3.63, 3.8) is 0 Å². The fourth-order valence-corrected chi connectivity index (χ4v) is 8.42. The fourth-order valence-electron chi connectivity index (χ4n) is 8.42. The molecule has 9 aromatic carbocycles. The van der Waals surface area contributed by atoms with E-state index in [-0.39, 0.29) is 0 Å². The number of hydrogen-bond donors (Lipinski definition) is 0. The Morgan fingerprint density at radius 2 is 0.867 bits per heavy atom. The maximum atomic E-state index is 6.71. The van der Waals surface area contributed by atoms with E-state index in [1.165, 1.54) is 0 Å². The monoisotopic (exact) mass is 768 g/mol. The van der Waals surface area contributed by atoms with Crippen LogP contribution in [0.3, 0.4) is 0 Å². The Hall–Kier alpha value is -8.22. The highest BCUT2D eigenvalue weighted by atomic mass is 16.4. The molecule has 0 saturated carbocycles. The van der Waals surface area contributed by atoms with Crippen molar-refractivity contribution in [2.24, 2.45) is 0 Å². The molecule has 12 aromatic rings. The van der Waals surface area contributed by atoms with Gasteiger partial charge in [-0.25, -0.2) is 19.9 Å². The molecule has 12 rings (SSSR count). The summed E-state index contributed by atoms with van der Waals surface area (Å²) >= 11 is 0. The van der Waals surface area contributed by atoms with E-state index in [4.69, 9.17) is 28.8 Å². The molecule has 0 aliphatic heterocycles. The van der Waals surface area contributed by atoms with Crippen molar-refractivity contribution >= 4 is 54.6 Å². The summed E-state index contributed by atoms with van der Waals surface area (Å²) in [5, 5.41) is 6.12. The van der Waals surface area contributed by atoms with Crippen molar-refractivity contribution in [2.45, 2.75) is 0 Å². The highest BCUT2D eigenvalue weighted by Gasteiger charge is 2.21. The summed E-state index contributed by atoms with van der Waals surface area (Å²) in [5.41, 5.74) is 11.0. The Kier molecular flexibility index (Phi) is 7.74. The van der Waals surface area contributed by atoms with Crippen LogP contribution in [-0.4, -0.2) is 19.9 Å². The van der Waals surface area contributed by atoms with Crippen LogP contribution in [0.15, 0.2) is 203 Å². The molecule has 0 spiro atoms. The van der Waals surface area contributed by atoms with Crippen molar-refractivity contribution in [3.8, 4) is 67.9 Å². The zero-order valence-corrected chi connectivity index (χ0v) is 32.1. The van der Waals surface area contributed by atoms with Crippen LogP contribution in [0.4, 0.5) is 0 Å². The lowest BCUT2D eigenvalue weighted by molar-refractivity contribution is 0.623. The van der Waals surface area contributed by atoms with Crippen LogP contribution in [0.1, 0.15) is 0 Å². The molecule has 0 bridgehead atoms. The minimum atomic E-state index is 0.569. The van der Waals surface area contributed by atoms with Gasteiger partial charge in [0.2, 0.25) is 5.89 Å². The first-order chi connectivity index (χ1) is 29.7. The van der Waals surface area contributed by atoms with E-state index in [1.807, 2.05) is 78.9 Å². The van der Waals surface area contributed by atoms with Gasteiger partial charge in [-0.3, -0.25) is 0 Å². The number of hydrogen-bond acceptors (Lipinski definition) is 6. The lowest BCUT2D eigenvalue weighted by Crippen LogP contribution is -2.00. The second-order valence-electron chi connectivity index (χ2n) is 15.0. The third-order valence-corrected chi connectivity index (χ3v) is 11.3. The van der Waals surface area contributed by atoms with Crippen LogP contribution in [0.25, 0.3) is 122 Å². The van der Waals surface area contributed by atoms with Gasteiger partial charge in [0.1, 0.15) is 16.7 Å². The van der Waals surface area contributed by atoms with E-state index in [1.54, 1.807) is 0 Å². The molecule has 0 aliphatic rings. The zero-order chi connectivity index (χ0) is 39.6. The summed E-state index contributed by atoms with van der Waals surface area (Å²) in [5.74, 6) is 2.33. The smallest absolute Gasteiger partial charge is 0.227 e. The van der Waals surface area contributed by atoms with E-state index in [0.717, 1.165) is 93.5 Å². The molecule has 3 aromatic heterocycles. The van der Waals surface area contributed by atoms with E-state index >= 15 is 0 Å². The van der Waals surface area contributed by atoms with Gasteiger partial charge < -0.3 is 8.83 Å². The number of oxazole rings is 1. The quantitative estimate of drug-likeness (QED) is 0.168. The summed E-state index contributed by atoms with van der Waals surface area (Å²) in [6.45, 7) is 0. The van der Waals surface area contributed by atoms with Gasteiger partial charge in [0.15, 0.2) is 23.1 Å². The number of aromatic nitrogens is 4. The Balaban J connectivity index is 1.07. The van der Waals surface area contributed by atoms with Gasteiger partial charge >= 0.3 is 0 Å². The summed E-state index contributed by atoms with van der Waals surface area (Å²) in [6, 6.07) is 66.5. The molecule has 0 amide bonds. The first-order valence-corrected chi connectivity index (χ1v) is 20.0. The minimum Gasteiger partial charge on any atom is -0.456 e. The van der Waals surface area contributed by atoms with Crippen molar-refractivity contribution in [2.75, 3.05) is 0 Å². The Morgan fingerprint density at radius 3 is 1.60 bits per heavy atom. The molecule has 280 valence electrons. The van der Waals surface area contributed by atoms with Crippen LogP contribution >= 0.6 is 0 Å². The van der Waals surface area contributed by atoms with E-state index in [0.29, 0.717) is 28.9 Å². The van der Waals surface area contributed by atoms with E-state index in [2.05, 4.69) is 115 Å². The van der Waals surface area contributed by atoms with Gasteiger partial charge in [0, 0.05) is 27.6 Å². The molecule has 3 heterocycles. The predicted molar refractivity (Wildman–Crippen MR) is 242 cm³/mol. The van der Waals surface area contributed by atoms with Crippen molar-refractivity contribution in [3.05, 3.63) is 194 Å². The average Bonchev–Trinajstić information content (AvgIpc) is 3.94. The van der Waals surface area contributed by atoms with E-state index < -0.39 is 0 Å². The number of benzene rings is 9. The third kappa shape index (κ3) is 5.73. The molecule has 0 unspecified atom stereocenters. The third-order valence-electron chi connectivity index (χ3n) is 11.3. The van der Waals surface area contributed by atoms with Gasteiger partial charge in [-0.05, 0) is 92.3 Å². The molecule has 6 heteroatoms. The van der Waals surface area contributed by atoms with Crippen LogP contribution in [0, 0.1) is 0 Å². The number of rotatable bonds is 6. The Labute approximate surface area is 344 Å². The zero-order valence-electron chi connectivity index (χ0n) is 32.1. The molecule has 0 radical (unpaired) electrons. The Bertz CT molecular complexity index is 3530. The average molecular weight is 769 g/mol. The molecule has 0 saturated heterocycles. The molecule has 0 atom stereocenters. The van der Waals surface area contributed by atoms with Gasteiger partial charge in [-0.15, -0.1) is 0 Å². The minimum absolute atomic E-state index is 0.569. The topological polar surface area (TPSA) is 77.8 Å². The molecule has 0 fully saturated rings. The number of furan rings is 1. The summed E-state index contributed by atoms with van der Waals surface area (Å²) in [4.78, 5) is 20.5. The molecule has 60 heavy (non-hydrogen) atoms. The van der Waals surface area contributed by atoms with Crippen LogP contribution in [0.5, 0.6) is 0 Å². The molecule has 6 nitrogen and oxygen atoms in total. The highest BCUT2D eigenvalue weighted by Crippen LogP contribution is 2.42. The SMILES string of the molecule is c1ccc(-c2cc(-c3ccccc3)cc(-c3nc(-c4ccccc4)nc(-c4ccc5ccc6oc7ccc8nc(-c9cccc%10ccccc9%10)oc8c7c6c5c4)n3)c2)cc1. The molecule has 0 aliphatic carbocycles.